The molecule has 0 aromatic heterocycles. The summed E-state index contributed by atoms with van der Waals surface area (Å²) in [7, 11) is 0. The Morgan fingerprint density at radius 3 is 1.97 bits per heavy atom. The third-order valence-corrected chi connectivity index (χ3v) is 11.3. The van der Waals surface area contributed by atoms with Crippen molar-refractivity contribution < 1.29 is 19.2 Å². The van der Waals surface area contributed by atoms with Crippen molar-refractivity contribution in [2.24, 2.45) is 41.4 Å². The highest BCUT2D eigenvalue weighted by Crippen LogP contribution is 2.50. The summed E-state index contributed by atoms with van der Waals surface area (Å²) in [5.74, 6) is 6.42. The first-order valence-electron chi connectivity index (χ1n) is 15.9. The molecule has 7 unspecified atom stereocenters. The van der Waals surface area contributed by atoms with E-state index in [0.717, 1.165) is 89.4 Å². The van der Waals surface area contributed by atoms with Crippen molar-refractivity contribution in [3.05, 3.63) is 22.8 Å². The lowest BCUT2D eigenvalue weighted by Gasteiger charge is -2.43. The molecule has 0 radical (unpaired) electrons. The number of allylic oxidation sites excluding steroid dienone is 4. The highest BCUT2D eigenvalue weighted by atomic mass is 16.1. The molecule has 4 heteroatoms. The van der Waals surface area contributed by atoms with Crippen molar-refractivity contribution in [2.75, 3.05) is 0 Å². The predicted molar refractivity (Wildman–Crippen MR) is 149 cm³/mol. The van der Waals surface area contributed by atoms with Gasteiger partial charge in [-0.15, -0.1) is 0 Å². The SMILES string of the molecule is CCC1C2=C(CCC1C1CCC(=O)C1)CC(=O)CC2.CCC1C2CCC(=O)C=C2CCC1C1CCC(=O)C1. The molecule has 0 aromatic carbocycles. The molecule has 0 amide bonds. The van der Waals surface area contributed by atoms with Crippen molar-refractivity contribution in [2.45, 2.75) is 123 Å². The maximum absolute atomic E-state index is 11.6. The van der Waals surface area contributed by atoms with Gasteiger partial charge in [0.1, 0.15) is 17.3 Å². The van der Waals surface area contributed by atoms with Crippen LogP contribution in [0.3, 0.4) is 0 Å². The minimum Gasteiger partial charge on any atom is -0.300 e. The van der Waals surface area contributed by atoms with Crippen LogP contribution in [0.2, 0.25) is 0 Å². The first kappa shape index (κ1) is 27.7. The Bertz CT molecular complexity index is 1020. The van der Waals surface area contributed by atoms with Crippen molar-refractivity contribution >= 4 is 23.1 Å². The Hall–Kier alpha value is -1.84. The lowest BCUT2D eigenvalue weighted by atomic mass is 9.61. The third kappa shape index (κ3) is 5.85. The van der Waals surface area contributed by atoms with E-state index >= 15 is 0 Å². The van der Waals surface area contributed by atoms with Crippen LogP contribution < -0.4 is 0 Å². The number of rotatable bonds is 4. The predicted octanol–water partition coefficient (Wildman–Crippen LogP) is 7.54. The first-order valence-corrected chi connectivity index (χ1v) is 15.9. The highest BCUT2D eigenvalue weighted by molar-refractivity contribution is 5.91. The van der Waals surface area contributed by atoms with Gasteiger partial charge < -0.3 is 0 Å². The number of Topliss-reactive ketones (excluding diaryl/α,β-unsaturated/α-hetero) is 3. The van der Waals surface area contributed by atoms with Gasteiger partial charge in [-0.25, -0.2) is 0 Å². The Labute approximate surface area is 229 Å². The average Bonchev–Trinajstić information content (AvgIpc) is 3.55. The molecule has 7 atom stereocenters. The molecular formula is C34H48O4. The monoisotopic (exact) mass is 520 g/mol. The van der Waals surface area contributed by atoms with Gasteiger partial charge in [0, 0.05) is 44.9 Å². The second-order valence-corrected chi connectivity index (χ2v) is 13.2. The summed E-state index contributed by atoms with van der Waals surface area (Å²) in [4.78, 5) is 46.3. The van der Waals surface area contributed by atoms with Gasteiger partial charge in [-0.2, -0.15) is 0 Å². The zero-order valence-corrected chi connectivity index (χ0v) is 23.8. The van der Waals surface area contributed by atoms with Crippen LogP contribution in [0, 0.1) is 41.4 Å². The zero-order chi connectivity index (χ0) is 26.8. The van der Waals surface area contributed by atoms with Crippen LogP contribution in [0.5, 0.6) is 0 Å². The third-order valence-electron chi connectivity index (χ3n) is 11.3. The van der Waals surface area contributed by atoms with Gasteiger partial charge in [-0.05, 0) is 105 Å². The van der Waals surface area contributed by atoms with Gasteiger partial charge >= 0.3 is 0 Å². The van der Waals surface area contributed by atoms with E-state index in [4.69, 9.17) is 0 Å². The summed E-state index contributed by atoms with van der Waals surface area (Å²) in [6, 6.07) is 0. The number of fused-ring (bicyclic) bond motifs is 1. The van der Waals surface area contributed by atoms with Gasteiger partial charge in [-0.3, -0.25) is 19.2 Å². The molecule has 0 aliphatic heterocycles. The molecule has 0 bridgehead atoms. The molecule has 0 aromatic rings. The van der Waals surface area contributed by atoms with Crippen LogP contribution in [-0.4, -0.2) is 23.1 Å². The summed E-state index contributed by atoms with van der Waals surface area (Å²) >= 11 is 0. The highest BCUT2D eigenvalue weighted by Gasteiger charge is 2.42. The van der Waals surface area contributed by atoms with Crippen molar-refractivity contribution in [3.8, 4) is 0 Å². The molecule has 4 nitrogen and oxygen atoms in total. The second kappa shape index (κ2) is 12.1. The minimum atomic E-state index is 0.329. The molecule has 3 saturated carbocycles. The first-order chi connectivity index (χ1) is 18.4. The smallest absolute Gasteiger partial charge is 0.155 e. The zero-order valence-electron chi connectivity index (χ0n) is 23.8. The molecule has 0 heterocycles. The standard InChI is InChI=1S/2C17H24O2/c2*1-2-15-16(11-3-5-13(18)9-11)7-4-12-10-14(19)6-8-17(12)15/h11,15-16H,2-10H2,1H3;10-11,15-17H,2-9H2,1H3. The van der Waals surface area contributed by atoms with Gasteiger partial charge in [0.05, 0.1) is 0 Å². The molecule has 0 saturated heterocycles. The van der Waals surface area contributed by atoms with Gasteiger partial charge in [0.2, 0.25) is 0 Å². The molecule has 0 N–H and O–H groups in total. The fourth-order valence-corrected chi connectivity index (χ4v) is 9.55. The number of hydrogen-bond donors (Lipinski definition) is 0. The molecule has 6 rings (SSSR count). The number of carbonyl (C=O) groups excluding carboxylic acids is 4. The van der Waals surface area contributed by atoms with Crippen molar-refractivity contribution in [1.29, 1.82) is 0 Å². The minimum absolute atomic E-state index is 0.329. The van der Waals surface area contributed by atoms with Crippen LogP contribution in [0.25, 0.3) is 0 Å². The van der Waals surface area contributed by atoms with Gasteiger partial charge in [0.25, 0.3) is 0 Å². The maximum atomic E-state index is 11.6. The van der Waals surface area contributed by atoms with Gasteiger partial charge in [0.15, 0.2) is 5.78 Å². The molecule has 6 aliphatic carbocycles. The Morgan fingerprint density at radius 2 is 1.34 bits per heavy atom. The lowest BCUT2D eigenvalue weighted by molar-refractivity contribution is -0.119. The maximum Gasteiger partial charge on any atom is 0.155 e. The van der Waals surface area contributed by atoms with Crippen LogP contribution in [-0.2, 0) is 19.2 Å². The van der Waals surface area contributed by atoms with E-state index in [0.29, 0.717) is 58.6 Å². The Balaban J connectivity index is 0.000000155. The fraction of sp³-hybridized carbons (Fsp3) is 0.765. The summed E-state index contributed by atoms with van der Waals surface area (Å²) in [5.41, 5.74) is 4.49. The summed E-state index contributed by atoms with van der Waals surface area (Å²) in [6.45, 7) is 4.56. The van der Waals surface area contributed by atoms with Crippen LogP contribution in [0.15, 0.2) is 22.8 Å². The number of ketones is 4. The summed E-state index contributed by atoms with van der Waals surface area (Å²) in [6.07, 6.45) is 18.7. The number of carbonyl (C=O) groups is 4. The van der Waals surface area contributed by atoms with E-state index in [1.54, 1.807) is 5.57 Å². The van der Waals surface area contributed by atoms with E-state index in [1.807, 2.05) is 6.08 Å². The molecule has 38 heavy (non-hydrogen) atoms. The molecule has 3 fully saturated rings. The molecule has 208 valence electrons. The largest absolute Gasteiger partial charge is 0.300 e. The summed E-state index contributed by atoms with van der Waals surface area (Å²) < 4.78 is 0. The molecule has 6 aliphatic rings. The van der Waals surface area contributed by atoms with E-state index in [1.165, 1.54) is 36.8 Å². The average molecular weight is 521 g/mol. The van der Waals surface area contributed by atoms with E-state index in [9.17, 15) is 19.2 Å². The van der Waals surface area contributed by atoms with Crippen LogP contribution in [0.4, 0.5) is 0 Å². The topological polar surface area (TPSA) is 68.3 Å². The Kier molecular flexibility index (Phi) is 8.85. The molecule has 0 spiro atoms. The van der Waals surface area contributed by atoms with Crippen molar-refractivity contribution in [1.82, 2.24) is 0 Å². The normalized spacial score (nSPS) is 37.4. The van der Waals surface area contributed by atoms with Crippen LogP contribution >= 0.6 is 0 Å². The van der Waals surface area contributed by atoms with E-state index in [2.05, 4.69) is 13.8 Å². The fourth-order valence-electron chi connectivity index (χ4n) is 9.55. The lowest BCUT2D eigenvalue weighted by Crippen LogP contribution is -2.35. The van der Waals surface area contributed by atoms with Crippen molar-refractivity contribution in [3.63, 3.8) is 0 Å². The number of hydrogen-bond acceptors (Lipinski definition) is 4. The van der Waals surface area contributed by atoms with Gasteiger partial charge in [-0.1, -0.05) is 37.0 Å². The quantitative estimate of drug-likeness (QED) is 0.359. The van der Waals surface area contributed by atoms with E-state index in [-0.39, 0.29) is 0 Å². The summed E-state index contributed by atoms with van der Waals surface area (Å²) in [5, 5.41) is 0. The Morgan fingerprint density at radius 1 is 0.658 bits per heavy atom. The molecular weight excluding hydrogens is 472 g/mol. The second-order valence-electron chi connectivity index (χ2n) is 13.2. The van der Waals surface area contributed by atoms with Crippen LogP contribution in [0.1, 0.15) is 123 Å². The van der Waals surface area contributed by atoms with E-state index < -0.39 is 0 Å².